The van der Waals surface area contributed by atoms with Crippen LogP contribution in [-0.4, -0.2) is 13.0 Å². The summed E-state index contributed by atoms with van der Waals surface area (Å²) < 4.78 is 31.7. The maximum atomic E-state index is 11.3. The molecule has 0 amide bonds. The molecule has 2 rings (SSSR count). The second-order valence-electron chi connectivity index (χ2n) is 4.84. The van der Waals surface area contributed by atoms with E-state index in [0.29, 0.717) is 28.3 Å². The third kappa shape index (κ3) is 4.52. The van der Waals surface area contributed by atoms with Crippen LogP contribution in [0.3, 0.4) is 0 Å². The van der Waals surface area contributed by atoms with Crippen molar-refractivity contribution < 1.29 is 42.5 Å². The molecule has 2 aromatic carbocycles. The molecule has 0 aliphatic heterocycles. The van der Waals surface area contributed by atoms with E-state index in [1.54, 1.807) is 18.2 Å². The normalized spacial score (nSPS) is 11.4. The second-order valence-corrected chi connectivity index (χ2v) is 6.23. The van der Waals surface area contributed by atoms with Crippen molar-refractivity contribution in [3.8, 4) is 0 Å². The Balaban J connectivity index is 0.00000264. The van der Waals surface area contributed by atoms with Crippen LogP contribution in [-0.2, 0) is 10.1 Å². The van der Waals surface area contributed by atoms with Gasteiger partial charge in [-0.15, -0.1) is 5.11 Å². The van der Waals surface area contributed by atoms with Gasteiger partial charge in [0.25, 0.3) is 10.1 Å². The molecule has 23 heavy (non-hydrogen) atoms. The summed E-state index contributed by atoms with van der Waals surface area (Å²) in [6.45, 7) is 3.35. The van der Waals surface area contributed by atoms with E-state index in [1.807, 2.05) is 6.92 Å². The predicted molar refractivity (Wildman–Crippen MR) is 85.2 cm³/mol. The molecule has 0 saturated carbocycles. The Morgan fingerprint density at radius 2 is 1.61 bits per heavy atom. The van der Waals surface area contributed by atoms with Gasteiger partial charge in [-0.2, -0.15) is 13.5 Å². The van der Waals surface area contributed by atoms with E-state index in [2.05, 4.69) is 10.2 Å². The molecule has 116 valence electrons. The van der Waals surface area contributed by atoms with Crippen LogP contribution >= 0.6 is 0 Å². The average Bonchev–Trinajstić information content (AvgIpc) is 2.41. The molecular weight excluding hydrogens is 327 g/mol. The number of benzene rings is 2. The van der Waals surface area contributed by atoms with Crippen molar-refractivity contribution in [2.45, 2.75) is 18.7 Å². The van der Waals surface area contributed by atoms with E-state index in [9.17, 15) is 8.42 Å². The minimum absolute atomic E-state index is 0. The number of azo groups is 1. The van der Waals surface area contributed by atoms with E-state index in [1.165, 1.54) is 19.1 Å². The monoisotopic (exact) mass is 343 g/mol. The number of nitrogens with zero attached hydrogens (tertiary/aromatic N) is 2. The molecule has 0 bridgehead atoms. The Hall–Kier alpha value is -1.45. The van der Waals surface area contributed by atoms with E-state index < -0.39 is 10.1 Å². The van der Waals surface area contributed by atoms with Crippen LogP contribution in [0.4, 0.5) is 22.7 Å². The molecule has 0 aliphatic rings. The van der Waals surface area contributed by atoms with Gasteiger partial charge in [-0.25, -0.2) is 0 Å². The first-order valence-electron chi connectivity index (χ1n) is 6.34. The van der Waals surface area contributed by atoms with Gasteiger partial charge < -0.3 is 11.5 Å². The molecule has 5 N–H and O–H groups in total. The molecule has 2 aromatic rings. The molecule has 0 spiro atoms. The SMILES string of the molecule is Cc1cc(N=Nc2cccc(S(=O)(=O)O)c2C)c(N)cc1N.[Na+]. The summed E-state index contributed by atoms with van der Waals surface area (Å²) in [6, 6.07) is 7.64. The van der Waals surface area contributed by atoms with Crippen molar-refractivity contribution in [3.63, 3.8) is 0 Å². The molecule has 0 saturated heterocycles. The molecule has 9 heteroatoms. The smallest absolute Gasteiger partial charge is 0.398 e. The minimum atomic E-state index is -4.30. The zero-order valence-electron chi connectivity index (χ0n) is 13.1. The van der Waals surface area contributed by atoms with Crippen LogP contribution in [0.1, 0.15) is 11.1 Å². The van der Waals surface area contributed by atoms with Gasteiger partial charge in [-0.05, 0) is 49.2 Å². The van der Waals surface area contributed by atoms with Gasteiger partial charge in [-0.3, -0.25) is 4.55 Å². The number of nitrogens with two attached hydrogens (primary N) is 2. The maximum Gasteiger partial charge on any atom is 1.00 e. The maximum absolute atomic E-state index is 11.3. The third-order valence-electron chi connectivity index (χ3n) is 3.21. The standard InChI is InChI=1S/C14H16N4O3S.Na/c1-8-6-13(11(16)7-10(8)15)18-17-12-4-3-5-14(9(12)2)22(19,20)21;/h3-7H,15-16H2,1-2H3,(H,19,20,21);/q;+1. The molecule has 0 atom stereocenters. The summed E-state index contributed by atoms with van der Waals surface area (Å²) in [4.78, 5) is -0.203. The average molecular weight is 343 g/mol. The van der Waals surface area contributed by atoms with E-state index in [4.69, 9.17) is 16.0 Å². The summed E-state index contributed by atoms with van der Waals surface area (Å²) >= 11 is 0. The van der Waals surface area contributed by atoms with Gasteiger partial charge in [0.1, 0.15) is 5.69 Å². The van der Waals surface area contributed by atoms with Gasteiger partial charge in [0.2, 0.25) is 0 Å². The number of hydrogen-bond donors (Lipinski definition) is 3. The molecule has 7 nitrogen and oxygen atoms in total. The number of nitrogen functional groups attached to an aromatic ring is 2. The van der Waals surface area contributed by atoms with Gasteiger partial charge in [0, 0.05) is 5.69 Å². The summed E-state index contributed by atoms with van der Waals surface area (Å²) in [6.07, 6.45) is 0. The van der Waals surface area contributed by atoms with Crippen LogP contribution in [0, 0.1) is 13.8 Å². The second kappa shape index (κ2) is 7.41. The van der Waals surface area contributed by atoms with Crippen LogP contribution < -0.4 is 41.0 Å². The van der Waals surface area contributed by atoms with Crippen molar-refractivity contribution >= 4 is 32.9 Å². The van der Waals surface area contributed by atoms with Crippen molar-refractivity contribution in [3.05, 3.63) is 41.5 Å². The first kappa shape index (κ1) is 19.6. The van der Waals surface area contributed by atoms with E-state index >= 15 is 0 Å². The molecule has 0 aromatic heterocycles. The fourth-order valence-corrected chi connectivity index (χ4v) is 2.65. The Labute approximate surface area is 156 Å². The summed E-state index contributed by atoms with van der Waals surface area (Å²) in [5.41, 5.74) is 14.4. The van der Waals surface area contributed by atoms with Crippen LogP contribution in [0.5, 0.6) is 0 Å². The minimum Gasteiger partial charge on any atom is -0.398 e. The van der Waals surface area contributed by atoms with Crippen molar-refractivity contribution in [1.29, 1.82) is 0 Å². The first-order valence-corrected chi connectivity index (χ1v) is 7.78. The van der Waals surface area contributed by atoms with Gasteiger partial charge in [0.05, 0.1) is 16.3 Å². The zero-order chi connectivity index (χ0) is 16.5. The first-order chi connectivity index (χ1) is 10.2. The quantitative estimate of drug-likeness (QED) is 0.316. The number of hydrogen-bond acceptors (Lipinski definition) is 6. The Bertz CT molecular complexity index is 867. The molecule has 0 heterocycles. The Kier molecular flexibility index (Phi) is 6.32. The summed E-state index contributed by atoms with van der Waals surface area (Å²) in [7, 11) is -4.30. The number of anilines is 2. The topological polar surface area (TPSA) is 131 Å². The number of aryl methyl sites for hydroxylation is 1. The van der Waals surface area contributed by atoms with Gasteiger partial charge in [0.15, 0.2) is 0 Å². The van der Waals surface area contributed by atoms with Crippen LogP contribution in [0.15, 0.2) is 45.5 Å². The Morgan fingerprint density at radius 3 is 2.22 bits per heavy atom. The predicted octanol–water partition coefficient (Wildman–Crippen LogP) is 0.134. The third-order valence-corrected chi connectivity index (χ3v) is 4.21. The fourth-order valence-electron chi connectivity index (χ4n) is 1.91. The van der Waals surface area contributed by atoms with Crippen LogP contribution in [0.25, 0.3) is 0 Å². The van der Waals surface area contributed by atoms with Crippen LogP contribution in [0.2, 0.25) is 0 Å². The Morgan fingerprint density at radius 1 is 1.00 bits per heavy atom. The van der Waals surface area contributed by atoms with Gasteiger partial charge >= 0.3 is 29.6 Å². The molecule has 0 unspecified atom stereocenters. The largest absolute Gasteiger partial charge is 1.00 e. The van der Waals surface area contributed by atoms with E-state index in [-0.39, 0.29) is 34.5 Å². The summed E-state index contributed by atoms with van der Waals surface area (Å²) in [5, 5.41) is 8.04. The van der Waals surface area contributed by atoms with E-state index in [0.717, 1.165) is 5.56 Å². The molecule has 0 fully saturated rings. The van der Waals surface area contributed by atoms with Crippen molar-refractivity contribution in [2.24, 2.45) is 10.2 Å². The molecule has 0 radical (unpaired) electrons. The van der Waals surface area contributed by atoms with Gasteiger partial charge in [-0.1, -0.05) is 6.07 Å². The summed E-state index contributed by atoms with van der Waals surface area (Å²) in [5.74, 6) is 0. The molecular formula is C14H16N4NaO3S+. The van der Waals surface area contributed by atoms with Crippen molar-refractivity contribution in [1.82, 2.24) is 0 Å². The molecule has 0 aliphatic carbocycles. The fraction of sp³-hybridized carbons (Fsp3) is 0.143. The number of rotatable bonds is 3. The van der Waals surface area contributed by atoms with Crippen molar-refractivity contribution in [2.75, 3.05) is 11.5 Å². The zero-order valence-corrected chi connectivity index (χ0v) is 15.9.